The molecule has 7 atom stereocenters. The number of hydrogen-bond acceptors (Lipinski definition) is 7. The summed E-state index contributed by atoms with van der Waals surface area (Å²) in [7, 11) is 0. The number of hydrogen-bond donors (Lipinski definition) is 6. The Morgan fingerprint density at radius 1 is 1.14 bits per heavy atom. The highest BCUT2D eigenvalue weighted by Crippen LogP contribution is 2.58. The number of fused-ring (bicyclic) bond motifs is 1. The normalized spacial score (nSPS) is 39.5. The summed E-state index contributed by atoms with van der Waals surface area (Å²) in [5.41, 5.74) is 6.50. The molecule has 0 spiro atoms. The molecular formula is C13H23N4O5+. The molecule has 0 aromatic heterocycles. The monoisotopic (exact) mass is 315 g/mol. The van der Waals surface area contributed by atoms with Crippen LogP contribution < -0.4 is 10.2 Å². The van der Waals surface area contributed by atoms with Gasteiger partial charge in [-0.2, -0.15) is 0 Å². The van der Waals surface area contributed by atoms with E-state index in [1.54, 1.807) is 0 Å². The number of unbranched alkanes of at least 4 members (excludes halogenated alkanes) is 1. The molecule has 0 bridgehead atoms. The number of amides is 1. The van der Waals surface area contributed by atoms with Crippen LogP contribution in [0.3, 0.4) is 0 Å². The van der Waals surface area contributed by atoms with Gasteiger partial charge in [0.2, 0.25) is 10.8 Å². The van der Waals surface area contributed by atoms with Crippen molar-refractivity contribution in [2.24, 2.45) is 28.8 Å². The molecule has 0 heterocycles. The van der Waals surface area contributed by atoms with Crippen LogP contribution in [0.2, 0.25) is 0 Å². The predicted molar refractivity (Wildman–Crippen MR) is 73.5 cm³/mol. The second-order valence-electron chi connectivity index (χ2n) is 5.96. The quantitative estimate of drug-likeness (QED) is 0.182. The number of carbonyl (C=O) groups excluding carboxylic acids is 1. The van der Waals surface area contributed by atoms with Gasteiger partial charge in [0, 0.05) is 30.9 Å². The number of nitrogens with one attached hydrogen (secondary N) is 2. The molecule has 0 aromatic carbocycles. The smallest absolute Gasteiger partial charge is 0.223 e. The van der Waals surface area contributed by atoms with Crippen molar-refractivity contribution < 1.29 is 25.2 Å². The van der Waals surface area contributed by atoms with Gasteiger partial charge in [0.15, 0.2) is 0 Å². The molecule has 0 aromatic rings. The predicted octanol–water partition coefficient (Wildman–Crippen LogP) is -2.00. The van der Waals surface area contributed by atoms with Crippen molar-refractivity contribution in [3.63, 3.8) is 0 Å². The zero-order chi connectivity index (χ0) is 16.3. The molecule has 9 nitrogen and oxygen atoms in total. The molecule has 0 saturated heterocycles. The van der Waals surface area contributed by atoms with Crippen molar-refractivity contribution in [1.82, 2.24) is 10.2 Å². The van der Waals surface area contributed by atoms with Gasteiger partial charge in [0.05, 0.1) is 12.2 Å². The Morgan fingerprint density at radius 2 is 1.86 bits per heavy atom. The summed E-state index contributed by atoms with van der Waals surface area (Å²) in [6.45, 7) is 0.568. The number of aliphatic hydroxyl groups is 4. The van der Waals surface area contributed by atoms with E-state index in [1.165, 1.54) is 0 Å². The molecule has 9 heteroatoms. The second-order valence-corrected chi connectivity index (χ2v) is 5.96. The largest absolute Gasteiger partial charge is 0.396 e. The third kappa shape index (κ3) is 3.18. The summed E-state index contributed by atoms with van der Waals surface area (Å²) in [6.07, 6.45) is -2.28. The molecular weight excluding hydrogens is 292 g/mol. The summed E-state index contributed by atoms with van der Waals surface area (Å²) < 4.78 is 0. The summed E-state index contributed by atoms with van der Waals surface area (Å²) in [6, 6.07) is 0. The molecule has 22 heavy (non-hydrogen) atoms. The van der Waals surface area contributed by atoms with Crippen LogP contribution in [-0.2, 0) is 4.79 Å². The van der Waals surface area contributed by atoms with Crippen molar-refractivity contribution in [2.75, 3.05) is 19.7 Å². The highest BCUT2D eigenvalue weighted by Gasteiger charge is 2.67. The number of rotatable bonds is 7. The maximum absolute atomic E-state index is 12.1. The van der Waals surface area contributed by atoms with Gasteiger partial charge in [-0.3, -0.25) is 4.79 Å². The van der Waals surface area contributed by atoms with Crippen molar-refractivity contribution >= 4 is 5.91 Å². The fourth-order valence-corrected chi connectivity index (χ4v) is 3.53. The van der Waals surface area contributed by atoms with Gasteiger partial charge in [0.25, 0.3) is 0 Å². The fraction of sp³-hybridized carbons (Fsp3) is 0.923. The van der Waals surface area contributed by atoms with E-state index in [4.69, 9.17) is 5.53 Å². The number of aliphatic hydroxyl groups excluding tert-OH is 4. The van der Waals surface area contributed by atoms with E-state index in [-0.39, 0.29) is 18.4 Å². The third-order valence-electron chi connectivity index (χ3n) is 4.73. The minimum Gasteiger partial charge on any atom is -0.396 e. The van der Waals surface area contributed by atoms with Gasteiger partial charge < -0.3 is 25.7 Å². The number of carbonyl (C=O) groups is 1. The molecule has 2 saturated carbocycles. The number of nitrogens with zero attached hydrogens (tertiary/aromatic N) is 2. The highest BCUT2D eigenvalue weighted by molar-refractivity contribution is 5.82. The minimum absolute atomic E-state index is 0.226. The van der Waals surface area contributed by atoms with Gasteiger partial charge in [-0.25, -0.2) is 0 Å². The van der Waals surface area contributed by atoms with Crippen LogP contribution in [0.5, 0.6) is 0 Å². The van der Waals surface area contributed by atoms with Crippen LogP contribution in [0.4, 0.5) is 0 Å². The summed E-state index contributed by atoms with van der Waals surface area (Å²) >= 11 is 0. The molecule has 2 aliphatic rings. The van der Waals surface area contributed by atoms with Crippen LogP contribution in [0.1, 0.15) is 12.8 Å². The van der Waals surface area contributed by atoms with E-state index >= 15 is 0 Å². The Morgan fingerprint density at radius 3 is 2.50 bits per heavy atom. The van der Waals surface area contributed by atoms with Crippen molar-refractivity contribution in [2.45, 2.75) is 31.2 Å². The Bertz CT molecular complexity index is 456. The topological polar surface area (TPSA) is 160 Å². The van der Waals surface area contributed by atoms with Gasteiger partial charge >= 0.3 is 0 Å². The minimum atomic E-state index is -1.33. The lowest BCUT2D eigenvalue weighted by Crippen LogP contribution is -2.49. The van der Waals surface area contributed by atoms with E-state index in [0.29, 0.717) is 25.9 Å². The molecule has 2 aliphatic carbocycles. The van der Waals surface area contributed by atoms with Crippen LogP contribution in [0, 0.1) is 29.2 Å². The maximum Gasteiger partial charge on any atom is 0.223 e. The average Bonchev–Trinajstić information content (AvgIpc) is 3.24. The first kappa shape index (κ1) is 17.0. The molecule has 1 amide bonds. The first-order valence-electron chi connectivity index (χ1n) is 7.50. The lowest BCUT2D eigenvalue weighted by atomic mass is 9.83. The van der Waals surface area contributed by atoms with Crippen molar-refractivity contribution in [3.05, 3.63) is 0 Å². The van der Waals surface area contributed by atoms with Gasteiger partial charge in [0.1, 0.15) is 23.3 Å². The lowest BCUT2D eigenvalue weighted by Gasteiger charge is -2.33. The van der Waals surface area contributed by atoms with Crippen LogP contribution in [-0.4, -0.2) is 64.3 Å². The summed E-state index contributed by atoms with van der Waals surface area (Å²) in [5.74, 6) is -2.00. The zero-order valence-electron chi connectivity index (χ0n) is 12.2. The van der Waals surface area contributed by atoms with E-state index in [1.807, 2.05) is 0 Å². The third-order valence-corrected chi connectivity index (χ3v) is 4.73. The molecule has 2 rings (SSSR count). The van der Waals surface area contributed by atoms with Crippen LogP contribution >= 0.6 is 0 Å². The fourth-order valence-electron chi connectivity index (χ4n) is 3.53. The maximum atomic E-state index is 12.1. The van der Waals surface area contributed by atoms with Crippen molar-refractivity contribution in [3.8, 4) is 0 Å². The van der Waals surface area contributed by atoms with Crippen LogP contribution in [0.15, 0.2) is 5.11 Å². The summed E-state index contributed by atoms with van der Waals surface area (Å²) in [4.78, 5) is 15.0. The van der Waals surface area contributed by atoms with Crippen LogP contribution in [0.25, 0.3) is 0 Å². The molecule has 124 valence electrons. The Balaban J connectivity index is 1.83. The Hall–Kier alpha value is -1.38. The molecule has 0 aliphatic heterocycles. The zero-order valence-corrected chi connectivity index (χ0v) is 12.2. The van der Waals surface area contributed by atoms with Crippen molar-refractivity contribution in [1.29, 1.82) is 5.53 Å². The van der Waals surface area contributed by atoms with E-state index in [2.05, 4.69) is 15.3 Å². The Kier molecular flexibility index (Phi) is 5.60. The van der Waals surface area contributed by atoms with Gasteiger partial charge in [-0.15, -0.1) is 0 Å². The van der Waals surface area contributed by atoms with E-state index in [0.717, 1.165) is 0 Å². The molecule has 6 N–H and O–H groups in total. The van der Waals surface area contributed by atoms with E-state index < -0.39 is 36.1 Å². The first-order chi connectivity index (χ1) is 10.5. The van der Waals surface area contributed by atoms with E-state index in [9.17, 15) is 25.2 Å². The molecule has 2 fully saturated rings. The Labute approximate surface area is 127 Å². The highest BCUT2D eigenvalue weighted by atomic mass is 16.4. The molecule has 0 unspecified atom stereocenters. The SMILES string of the molecule is N=[N+]=NCCCCNC(=O)[C@@H]1[C@H]2[C@H](O)[C@@H](O)[C@H](O)[C@@H](CO)[C@@H]12. The standard InChI is InChI=1S/C13H22N4O5/c14-17-16-4-2-1-3-15-13(22)9-7-6(5-18)10(19)12(21)11(20)8(7)9/h6-12,14,18-21H,1-5H2/p+1/t6-,7+,8-,9-,10+,11-,12-/m0/s1. The molecule has 0 radical (unpaired) electrons. The second kappa shape index (κ2) is 7.26. The first-order valence-corrected chi connectivity index (χ1v) is 7.50. The lowest BCUT2D eigenvalue weighted by molar-refractivity contribution is -0.124. The summed E-state index contributed by atoms with van der Waals surface area (Å²) in [5, 5.41) is 45.2. The van der Waals surface area contributed by atoms with Gasteiger partial charge in [-0.05, 0) is 18.8 Å². The van der Waals surface area contributed by atoms with Gasteiger partial charge in [-0.1, -0.05) is 0 Å². The average molecular weight is 315 g/mol.